The van der Waals surface area contributed by atoms with Gasteiger partial charge in [0.1, 0.15) is 11.5 Å². The molecule has 2 aliphatic rings. The summed E-state index contributed by atoms with van der Waals surface area (Å²) in [7, 11) is 0. The standard InChI is InChI=1S/C13H13FN4.C5H8O/c1-8(2)18-4-3-12(17-18)9-5-10-11(14)7-16-13(10)15-6-9;1-4-2-6-3-5(1)4/h3-8H,1-2H3,(H,15,16);4-5H,1-3H2. The number of aromatic nitrogens is 4. The molecule has 2 atom stereocenters. The zero-order valence-corrected chi connectivity index (χ0v) is 13.9. The molecule has 1 saturated heterocycles. The molecule has 1 N–H and O–H groups in total. The van der Waals surface area contributed by atoms with E-state index in [0.717, 1.165) is 36.3 Å². The van der Waals surface area contributed by atoms with Crippen LogP contribution < -0.4 is 0 Å². The number of hydrogen-bond acceptors (Lipinski definition) is 3. The number of ether oxygens (including phenoxy) is 1. The van der Waals surface area contributed by atoms with E-state index in [9.17, 15) is 4.39 Å². The highest BCUT2D eigenvalue weighted by Gasteiger charge is 2.41. The Bertz CT molecular complexity index is 846. The highest BCUT2D eigenvalue weighted by molar-refractivity contribution is 5.81. The van der Waals surface area contributed by atoms with E-state index in [0.29, 0.717) is 17.1 Å². The molecule has 2 unspecified atom stereocenters. The number of pyridine rings is 1. The lowest BCUT2D eigenvalue weighted by Gasteiger charge is -2.03. The third kappa shape index (κ3) is 2.94. The van der Waals surface area contributed by atoms with Crippen molar-refractivity contribution in [3.63, 3.8) is 0 Å². The third-order valence-corrected chi connectivity index (χ3v) is 4.65. The van der Waals surface area contributed by atoms with Crippen LogP contribution in [0.4, 0.5) is 4.39 Å². The van der Waals surface area contributed by atoms with Crippen molar-refractivity contribution in [3.05, 3.63) is 36.5 Å². The van der Waals surface area contributed by atoms with E-state index in [1.165, 1.54) is 12.6 Å². The van der Waals surface area contributed by atoms with Crippen LogP contribution >= 0.6 is 0 Å². The lowest BCUT2D eigenvalue weighted by atomic mass is 10.2. The molecule has 4 heterocycles. The number of rotatable bonds is 2. The van der Waals surface area contributed by atoms with E-state index in [2.05, 4.69) is 28.9 Å². The smallest absolute Gasteiger partial charge is 0.150 e. The fraction of sp³-hybridized carbons (Fsp3) is 0.444. The summed E-state index contributed by atoms with van der Waals surface area (Å²) in [4.78, 5) is 6.97. The largest absolute Gasteiger partial charge is 0.381 e. The van der Waals surface area contributed by atoms with Crippen molar-refractivity contribution in [2.45, 2.75) is 26.3 Å². The van der Waals surface area contributed by atoms with Gasteiger partial charge < -0.3 is 9.72 Å². The minimum Gasteiger partial charge on any atom is -0.381 e. The second kappa shape index (κ2) is 6.02. The molecule has 0 radical (unpaired) electrons. The zero-order valence-electron chi connectivity index (χ0n) is 13.9. The highest BCUT2D eigenvalue weighted by Crippen LogP contribution is 2.43. The highest BCUT2D eigenvalue weighted by atomic mass is 19.1. The number of halogens is 1. The van der Waals surface area contributed by atoms with Gasteiger partial charge in [-0.15, -0.1) is 0 Å². The SMILES string of the molecule is C1OCC2CC12.CC(C)n1ccc(-c2cnc3[nH]cc(F)c3c2)n1. The predicted molar refractivity (Wildman–Crippen MR) is 90.1 cm³/mol. The number of hydrogen-bond donors (Lipinski definition) is 1. The topological polar surface area (TPSA) is 55.7 Å². The van der Waals surface area contributed by atoms with Crippen molar-refractivity contribution in [3.8, 4) is 11.3 Å². The fourth-order valence-corrected chi connectivity index (χ4v) is 2.98. The number of H-pyrrole nitrogens is 1. The van der Waals surface area contributed by atoms with Crippen molar-refractivity contribution in [2.75, 3.05) is 13.2 Å². The molecule has 24 heavy (non-hydrogen) atoms. The summed E-state index contributed by atoms with van der Waals surface area (Å²) in [5.41, 5.74) is 2.18. The molecule has 3 aromatic rings. The lowest BCUT2D eigenvalue weighted by Crippen LogP contribution is -2.00. The summed E-state index contributed by atoms with van der Waals surface area (Å²) in [5, 5.41) is 4.94. The van der Waals surface area contributed by atoms with Crippen LogP contribution in [0.25, 0.3) is 22.3 Å². The Morgan fingerprint density at radius 1 is 1.33 bits per heavy atom. The summed E-state index contributed by atoms with van der Waals surface area (Å²) < 4.78 is 20.5. The summed E-state index contributed by atoms with van der Waals surface area (Å²) in [6.45, 7) is 6.24. The molecular formula is C18H21FN4O. The summed E-state index contributed by atoms with van der Waals surface area (Å²) in [6, 6.07) is 3.98. The molecule has 1 aliphatic heterocycles. The van der Waals surface area contributed by atoms with Gasteiger partial charge in [-0.25, -0.2) is 9.37 Å². The molecule has 1 saturated carbocycles. The fourth-order valence-electron chi connectivity index (χ4n) is 2.98. The van der Waals surface area contributed by atoms with Crippen molar-refractivity contribution in [1.82, 2.24) is 19.7 Å². The molecule has 2 fully saturated rings. The first kappa shape index (κ1) is 15.3. The van der Waals surface area contributed by atoms with Gasteiger partial charge >= 0.3 is 0 Å². The molecule has 5 nitrogen and oxygen atoms in total. The Morgan fingerprint density at radius 2 is 2.12 bits per heavy atom. The van der Waals surface area contributed by atoms with Gasteiger partial charge in [-0.2, -0.15) is 5.10 Å². The van der Waals surface area contributed by atoms with Crippen LogP contribution in [0, 0.1) is 17.7 Å². The number of fused-ring (bicyclic) bond motifs is 2. The average molecular weight is 328 g/mol. The Balaban J connectivity index is 0.000000201. The van der Waals surface area contributed by atoms with E-state index in [-0.39, 0.29) is 5.82 Å². The molecule has 0 spiro atoms. The maximum Gasteiger partial charge on any atom is 0.150 e. The van der Waals surface area contributed by atoms with Crippen LogP contribution in [0.5, 0.6) is 0 Å². The van der Waals surface area contributed by atoms with Crippen LogP contribution in [0.3, 0.4) is 0 Å². The van der Waals surface area contributed by atoms with Gasteiger partial charge in [0, 0.05) is 43.4 Å². The van der Waals surface area contributed by atoms with E-state index in [4.69, 9.17) is 4.74 Å². The predicted octanol–water partition coefficient (Wildman–Crippen LogP) is 3.80. The third-order valence-electron chi connectivity index (χ3n) is 4.65. The quantitative estimate of drug-likeness (QED) is 0.778. The maximum atomic E-state index is 13.5. The minimum atomic E-state index is -0.289. The first-order valence-electron chi connectivity index (χ1n) is 8.37. The molecule has 0 amide bonds. The zero-order chi connectivity index (χ0) is 16.7. The molecule has 1 aliphatic carbocycles. The number of nitrogens with zero attached hydrogens (tertiary/aromatic N) is 3. The van der Waals surface area contributed by atoms with E-state index < -0.39 is 0 Å². The van der Waals surface area contributed by atoms with Crippen molar-refractivity contribution < 1.29 is 9.13 Å². The van der Waals surface area contributed by atoms with Gasteiger partial charge in [0.15, 0.2) is 0 Å². The summed E-state index contributed by atoms with van der Waals surface area (Å²) >= 11 is 0. The lowest BCUT2D eigenvalue weighted by molar-refractivity contribution is 0.165. The first-order valence-corrected chi connectivity index (χ1v) is 8.37. The van der Waals surface area contributed by atoms with Gasteiger partial charge in [0.2, 0.25) is 0 Å². The molecule has 126 valence electrons. The van der Waals surface area contributed by atoms with Crippen molar-refractivity contribution in [1.29, 1.82) is 0 Å². The van der Waals surface area contributed by atoms with Crippen LogP contribution in [0.2, 0.25) is 0 Å². The second-order valence-electron chi connectivity index (χ2n) is 6.82. The van der Waals surface area contributed by atoms with E-state index >= 15 is 0 Å². The maximum absolute atomic E-state index is 13.5. The Hall–Kier alpha value is -2.21. The van der Waals surface area contributed by atoms with Crippen LogP contribution in [-0.2, 0) is 4.74 Å². The molecule has 6 heteroatoms. The van der Waals surface area contributed by atoms with Gasteiger partial charge in [0.25, 0.3) is 0 Å². The number of nitrogens with one attached hydrogen (secondary N) is 1. The van der Waals surface area contributed by atoms with Gasteiger partial charge in [-0.05, 0) is 44.2 Å². The van der Waals surface area contributed by atoms with Gasteiger partial charge in [-0.3, -0.25) is 4.68 Å². The number of aromatic amines is 1. The van der Waals surface area contributed by atoms with E-state index in [1.54, 1.807) is 12.3 Å². The Morgan fingerprint density at radius 3 is 2.71 bits per heavy atom. The Labute approximate surface area is 139 Å². The Kier molecular flexibility index (Phi) is 3.84. The van der Waals surface area contributed by atoms with Crippen molar-refractivity contribution >= 4 is 11.0 Å². The second-order valence-corrected chi connectivity index (χ2v) is 6.82. The summed E-state index contributed by atoms with van der Waals surface area (Å²) in [6.07, 6.45) is 6.39. The van der Waals surface area contributed by atoms with E-state index in [1.807, 2.05) is 16.9 Å². The van der Waals surface area contributed by atoms with Crippen LogP contribution in [-0.4, -0.2) is 33.0 Å². The van der Waals surface area contributed by atoms with Gasteiger partial charge in [-0.1, -0.05) is 0 Å². The molecule has 0 bridgehead atoms. The molecule has 3 aromatic heterocycles. The summed E-state index contributed by atoms with van der Waals surface area (Å²) in [5.74, 6) is 1.69. The minimum absolute atomic E-state index is 0.289. The molecular weight excluding hydrogens is 307 g/mol. The molecule has 5 rings (SSSR count). The monoisotopic (exact) mass is 328 g/mol. The normalized spacial score (nSPS) is 21.7. The van der Waals surface area contributed by atoms with Crippen LogP contribution in [0.15, 0.2) is 30.7 Å². The molecule has 0 aromatic carbocycles. The van der Waals surface area contributed by atoms with Gasteiger partial charge in [0.05, 0.1) is 11.1 Å². The first-order chi connectivity index (χ1) is 11.6. The average Bonchev–Trinajstić information content (AvgIpc) is 3.02. The van der Waals surface area contributed by atoms with Crippen molar-refractivity contribution in [2.24, 2.45) is 11.8 Å². The van der Waals surface area contributed by atoms with Crippen LogP contribution in [0.1, 0.15) is 26.3 Å².